The summed E-state index contributed by atoms with van der Waals surface area (Å²) in [6.45, 7) is 13.1. The van der Waals surface area contributed by atoms with Crippen molar-refractivity contribution in [1.82, 2.24) is 19.9 Å². The van der Waals surface area contributed by atoms with Crippen molar-refractivity contribution in [3.63, 3.8) is 0 Å². The molecule has 0 saturated heterocycles. The number of nitrogens with one attached hydrogen (secondary N) is 2. The number of hydrogen-bond donors (Lipinski definition) is 10. The second-order valence-electron chi connectivity index (χ2n) is 21.9. The van der Waals surface area contributed by atoms with Crippen LogP contribution in [0.15, 0.2) is 63.4 Å². The van der Waals surface area contributed by atoms with Crippen molar-refractivity contribution in [3.05, 3.63) is 114 Å². The highest BCUT2D eigenvalue weighted by atomic mass is 32.2. The Bertz CT molecular complexity index is 4920. The van der Waals surface area contributed by atoms with Gasteiger partial charge < -0.3 is 9.97 Å². The van der Waals surface area contributed by atoms with Crippen LogP contribution >= 0.6 is 0 Å². The third-order valence-electron chi connectivity index (χ3n) is 16.3. The van der Waals surface area contributed by atoms with Gasteiger partial charge in [-0.1, -0.05) is 0 Å². The van der Waals surface area contributed by atoms with Gasteiger partial charge in [0.15, 0.2) is 0 Å². The third-order valence-corrected chi connectivity index (χ3v) is 25.3. The number of fused-ring (bicyclic) bond motifs is 8. The molecule has 3 aromatic heterocycles. The Kier molecular flexibility index (Phi) is 16.7. The summed E-state index contributed by atoms with van der Waals surface area (Å²) in [6.07, 6.45) is 4.90. The zero-order chi connectivity index (χ0) is 69.3. The Balaban J connectivity index is 1.73. The van der Waals surface area contributed by atoms with E-state index in [2.05, 4.69) is 9.97 Å². The van der Waals surface area contributed by atoms with E-state index in [9.17, 15) is 104 Å². The van der Waals surface area contributed by atoms with E-state index in [0.29, 0.717) is 0 Å². The molecule has 9 rings (SSSR count). The molecule has 0 atom stereocenters. The minimum atomic E-state index is -5.48. The number of rotatable bonds is 12. The van der Waals surface area contributed by atoms with Gasteiger partial charge in [-0.05, 0) is 221 Å². The SMILES string of the molecule is Cc1c(-c2c3nc(c(-c4c(C)c(S(=O)(=O)O)c(C)c(S(=O)(=O)O)c4C)c4ccc([nH]4)c(-c4c(C)c(S(=O)(=O)O)c(C)c(S(=O)(=O)O)c4C)c4nc(c(-c5c(C)c(S(=O)(=O)O)c(C)c(S(=O)(=O)O)c5C)c5ccc2[nH]5)C=C4)C=C3)c(C)c(S(=O)(=O)O)c(C)c1S(=O)(=O)O. The fourth-order valence-electron chi connectivity index (χ4n) is 13.5. The molecule has 0 radical (unpaired) electrons. The molecule has 490 valence electrons. The quantitative estimate of drug-likeness (QED) is 0.0510. The predicted molar refractivity (Wildman–Crippen MR) is 336 cm³/mol. The highest BCUT2D eigenvalue weighted by Crippen LogP contribution is 2.49. The summed E-state index contributed by atoms with van der Waals surface area (Å²) in [5.41, 5.74) is -11.0. The first kappa shape index (κ1) is 69.1. The lowest BCUT2D eigenvalue weighted by atomic mass is 9.92. The molecule has 0 spiro atoms. The molecule has 28 nitrogen and oxygen atoms in total. The molecule has 0 amide bonds. The lowest BCUT2D eigenvalue weighted by molar-refractivity contribution is 0.474. The molecule has 2 aliphatic rings. The zero-order valence-electron chi connectivity index (χ0n) is 49.9. The number of H-pyrrole nitrogens is 2. The molecule has 2 aliphatic heterocycles. The van der Waals surface area contributed by atoms with Crippen LogP contribution in [0, 0.1) is 83.1 Å². The van der Waals surface area contributed by atoms with Crippen LogP contribution in [-0.2, 0) is 80.9 Å². The molecular weight excluding hydrogens is 1370 g/mol. The maximum Gasteiger partial charge on any atom is 0.295 e. The molecule has 36 heteroatoms. The van der Waals surface area contributed by atoms with Crippen molar-refractivity contribution in [2.24, 2.45) is 0 Å². The molecule has 0 fully saturated rings. The first-order chi connectivity index (χ1) is 41.8. The van der Waals surface area contributed by atoms with Gasteiger partial charge in [-0.3, -0.25) is 36.4 Å². The summed E-state index contributed by atoms with van der Waals surface area (Å²) in [7, 11) is -43.8. The van der Waals surface area contributed by atoms with Crippen LogP contribution in [0.2, 0.25) is 0 Å². The summed E-state index contributed by atoms with van der Waals surface area (Å²) in [5, 5.41) is 0. The smallest absolute Gasteiger partial charge is 0.295 e. The molecule has 0 saturated carbocycles. The molecule has 0 unspecified atom stereocenters. The Morgan fingerprint density at radius 2 is 0.359 bits per heavy atom. The van der Waals surface area contributed by atoms with Crippen LogP contribution < -0.4 is 0 Å². The van der Waals surface area contributed by atoms with Crippen LogP contribution in [0.4, 0.5) is 0 Å². The Morgan fingerprint density at radius 1 is 0.228 bits per heavy atom. The summed E-state index contributed by atoms with van der Waals surface area (Å²) in [4.78, 5) is 7.80. The van der Waals surface area contributed by atoms with Crippen molar-refractivity contribution in [2.45, 2.75) is 122 Å². The average molecular weight is 1420 g/mol. The summed E-state index contributed by atoms with van der Waals surface area (Å²) in [5.74, 6) is 0. The van der Waals surface area contributed by atoms with Crippen molar-refractivity contribution < 1.29 is 104 Å². The molecule has 4 aromatic carbocycles. The largest absolute Gasteiger partial charge is 0.354 e. The normalized spacial score (nSPS) is 13.6. The average Bonchev–Trinajstić information content (AvgIpc) is 1.12. The highest BCUT2D eigenvalue weighted by Gasteiger charge is 2.38. The number of benzene rings is 4. The van der Waals surface area contributed by atoms with Gasteiger partial charge in [-0.2, -0.15) is 67.3 Å². The van der Waals surface area contributed by atoms with Crippen LogP contribution in [0.25, 0.3) is 90.9 Å². The van der Waals surface area contributed by atoms with Crippen LogP contribution in [0.3, 0.4) is 0 Å². The van der Waals surface area contributed by atoms with E-state index in [1.807, 2.05) is 0 Å². The fraction of sp³-hybridized carbons (Fsp3) is 0.214. The van der Waals surface area contributed by atoms with Gasteiger partial charge in [0.05, 0.1) is 22.8 Å². The van der Waals surface area contributed by atoms with Crippen molar-refractivity contribution >= 4 is 127 Å². The van der Waals surface area contributed by atoms with E-state index in [4.69, 9.17) is 9.97 Å². The number of nitrogens with zero attached hydrogens (tertiary/aromatic N) is 2. The molecule has 7 aromatic rings. The Hall–Kier alpha value is -7.24. The van der Waals surface area contributed by atoms with Crippen LogP contribution in [0.1, 0.15) is 89.5 Å². The lowest BCUT2D eigenvalue weighted by Crippen LogP contribution is -2.14. The minimum absolute atomic E-state index is 0.242. The van der Waals surface area contributed by atoms with E-state index >= 15 is 0 Å². The summed E-state index contributed by atoms with van der Waals surface area (Å²) >= 11 is 0. The van der Waals surface area contributed by atoms with Gasteiger partial charge in [-0.15, -0.1) is 0 Å². The van der Waals surface area contributed by atoms with Crippen LogP contribution in [-0.4, -0.2) is 124 Å². The fourth-order valence-corrected chi connectivity index (χ4v) is 21.6. The summed E-state index contributed by atoms with van der Waals surface area (Å²) < 4.78 is 302. The van der Waals surface area contributed by atoms with Gasteiger partial charge >= 0.3 is 0 Å². The highest BCUT2D eigenvalue weighted by molar-refractivity contribution is 7.88. The van der Waals surface area contributed by atoms with Crippen molar-refractivity contribution in [1.29, 1.82) is 0 Å². The second-order valence-corrected chi connectivity index (χ2v) is 32.8. The van der Waals surface area contributed by atoms with Gasteiger partial charge in [0.2, 0.25) is 0 Å². The van der Waals surface area contributed by atoms with E-state index in [1.54, 1.807) is 0 Å². The standard InChI is InChI=1S/C56H54N4O24S8/c1-21-41(22(2)50(86(64,65)66)29(9)49(21)85(61,62)63)45-33-13-15-35(57-33)46(42-23(3)51(87(67,68)69)30(10)52(24(42)4)88(70,71)72)37-17-19-39(59-37)48(44-27(7)55(91(79,80)81)32(12)56(28(44)8)92(82,83)84)40-20-18-38(60-40)47(36-16-14-34(45)58-36)43-25(5)53(89(73,74)75)31(11)54(26(43)6)90(76,77)78/h13-20,57,60H,1-12H3,(H,61,62,63)(H,64,65,66)(H,67,68,69)(H,70,71,72)(H,73,74,75)(H,76,77,78)(H,79,80,81)(H,82,83,84). The van der Waals surface area contributed by atoms with Crippen molar-refractivity contribution in [3.8, 4) is 44.5 Å². The van der Waals surface area contributed by atoms with E-state index in [-0.39, 0.29) is 67.1 Å². The number of hydrogen-bond acceptors (Lipinski definition) is 18. The topological polar surface area (TPSA) is 492 Å². The third kappa shape index (κ3) is 11.4. The summed E-state index contributed by atoms with van der Waals surface area (Å²) in [6, 6.07) is 5.01. The molecule has 92 heavy (non-hydrogen) atoms. The van der Waals surface area contributed by atoms with Gasteiger partial charge in [0.25, 0.3) is 80.9 Å². The molecular formula is C56H54N4O24S8. The monoisotopic (exact) mass is 1420 g/mol. The molecule has 8 bridgehead atoms. The lowest BCUT2D eigenvalue weighted by Gasteiger charge is -2.21. The van der Waals surface area contributed by atoms with Crippen molar-refractivity contribution in [2.75, 3.05) is 0 Å². The maximum absolute atomic E-state index is 13.5. The Morgan fingerprint density at radius 3 is 0.478 bits per heavy atom. The Labute approximate surface area is 527 Å². The number of aromatic nitrogens is 4. The first-order valence-corrected chi connectivity index (χ1v) is 37.8. The molecule has 0 aliphatic carbocycles. The van der Waals surface area contributed by atoms with E-state index < -0.39 is 209 Å². The van der Waals surface area contributed by atoms with E-state index in [1.165, 1.54) is 48.6 Å². The maximum atomic E-state index is 13.5. The minimum Gasteiger partial charge on any atom is -0.354 e. The van der Waals surface area contributed by atoms with Crippen LogP contribution in [0.5, 0.6) is 0 Å². The van der Waals surface area contributed by atoms with Gasteiger partial charge in [0, 0.05) is 44.3 Å². The second kappa shape index (κ2) is 22.2. The van der Waals surface area contributed by atoms with Gasteiger partial charge in [-0.25, -0.2) is 9.97 Å². The first-order valence-electron chi connectivity index (χ1n) is 26.3. The molecule has 10 N–H and O–H groups in total. The van der Waals surface area contributed by atoms with E-state index in [0.717, 1.165) is 83.1 Å². The number of aromatic amines is 2. The molecule has 5 heterocycles. The predicted octanol–water partition coefficient (Wildman–Crippen LogP) is 9.00. The zero-order valence-corrected chi connectivity index (χ0v) is 56.4. The van der Waals surface area contributed by atoms with Gasteiger partial charge in [0.1, 0.15) is 39.2 Å².